The molecule has 2 aliphatic heterocycles. The highest BCUT2D eigenvalue weighted by Gasteiger charge is 2.38. The predicted octanol–water partition coefficient (Wildman–Crippen LogP) is 5.12. The van der Waals surface area contributed by atoms with Gasteiger partial charge in [0.25, 0.3) is 0 Å². The Morgan fingerprint density at radius 3 is 2.35 bits per heavy atom. The molecule has 2 heterocycles. The van der Waals surface area contributed by atoms with Gasteiger partial charge >= 0.3 is 0 Å². The van der Waals surface area contributed by atoms with E-state index in [-0.39, 0.29) is 9.90 Å². The summed E-state index contributed by atoms with van der Waals surface area (Å²) >= 11 is 4.10. The summed E-state index contributed by atoms with van der Waals surface area (Å²) in [6.45, 7) is 11.0. The molecule has 1 saturated heterocycles. The number of halogens is 1. The van der Waals surface area contributed by atoms with E-state index in [9.17, 15) is 4.39 Å². The van der Waals surface area contributed by atoms with Crippen molar-refractivity contribution in [3.05, 3.63) is 65.5 Å². The van der Waals surface area contributed by atoms with E-state index in [1.807, 2.05) is 23.9 Å². The van der Waals surface area contributed by atoms with Crippen molar-refractivity contribution >= 4 is 29.2 Å². The standard InChI is InChI=1S/C25H34FN3S2/c1-3-31-25(30-2)20-28(19-21-7-4-5-8-24(21)25)14-6-13-27-15-17-29(18-16-27)23-11-9-22(26)10-12-23/h4-5,7-12H,3,6,13-20H2,1-2H3. The van der Waals surface area contributed by atoms with Gasteiger partial charge in [0, 0.05) is 45.0 Å². The third-order valence-electron chi connectivity index (χ3n) is 6.47. The molecule has 1 unspecified atom stereocenters. The van der Waals surface area contributed by atoms with Crippen LogP contribution in [-0.2, 0) is 10.6 Å². The molecule has 0 bridgehead atoms. The van der Waals surface area contributed by atoms with Gasteiger partial charge in [0.1, 0.15) is 5.82 Å². The van der Waals surface area contributed by atoms with Crippen molar-refractivity contribution < 1.29 is 4.39 Å². The molecule has 31 heavy (non-hydrogen) atoms. The minimum absolute atomic E-state index is 0.157. The van der Waals surface area contributed by atoms with E-state index in [1.54, 1.807) is 12.1 Å². The fraction of sp³-hybridized carbons (Fsp3) is 0.520. The van der Waals surface area contributed by atoms with Gasteiger partial charge in [-0.15, -0.1) is 23.5 Å². The zero-order valence-electron chi connectivity index (χ0n) is 18.7. The summed E-state index contributed by atoms with van der Waals surface area (Å²) in [4.78, 5) is 7.61. The molecule has 4 rings (SSSR count). The van der Waals surface area contributed by atoms with Crippen LogP contribution >= 0.6 is 23.5 Å². The molecule has 168 valence electrons. The number of anilines is 1. The average Bonchev–Trinajstić information content (AvgIpc) is 2.80. The maximum absolute atomic E-state index is 13.2. The van der Waals surface area contributed by atoms with Crippen molar-refractivity contribution in [3.63, 3.8) is 0 Å². The lowest BCUT2D eigenvalue weighted by Gasteiger charge is -2.43. The monoisotopic (exact) mass is 459 g/mol. The second kappa shape index (κ2) is 10.6. The quantitative estimate of drug-likeness (QED) is 0.505. The Balaban J connectivity index is 1.28. The SMILES string of the molecule is CCSC1(SC)CN(CCCN2CCN(c3ccc(F)cc3)CC2)Cc2ccccc21. The number of thioether (sulfide) groups is 2. The molecule has 2 aromatic rings. The largest absolute Gasteiger partial charge is 0.369 e. The van der Waals surface area contributed by atoms with Gasteiger partial charge in [0.05, 0.1) is 4.08 Å². The second-order valence-electron chi connectivity index (χ2n) is 8.42. The number of piperazine rings is 1. The Kier molecular flexibility index (Phi) is 7.86. The number of fused-ring (bicyclic) bond motifs is 1. The van der Waals surface area contributed by atoms with Gasteiger partial charge < -0.3 is 4.90 Å². The second-order valence-corrected chi connectivity index (χ2v) is 11.3. The van der Waals surface area contributed by atoms with E-state index in [1.165, 1.54) is 17.5 Å². The average molecular weight is 460 g/mol. The molecule has 6 heteroatoms. The maximum Gasteiger partial charge on any atom is 0.123 e. The molecule has 1 fully saturated rings. The van der Waals surface area contributed by atoms with E-state index >= 15 is 0 Å². The van der Waals surface area contributed by atoms with Gasteiger partial charge in [-0.05, 0) is 66.9 Å². The molecule has 2 aliphatic rings. The highest BCUT2D eigenvalue weighted by Crippen LogP contribution is 2.49. The van der Waals surface area contributed by atoms with Crippen molar-refractivity contribution in [2.45, 2.75) is 24.0 Å². The smallest absolute Gasteiger partial charge is 0.123 e. The Hall–Kier alpha value is -1.21. The third-order valence-corrected chi connectivity index (χ3v) is 9.44. The Morgan fingerprint density at radius 2 is 1.65 bits per heavy atom. The summed E-state index contributed by atoms with van der Waals surface area (Å²) in [7, 11) is 0. The Morgan fingerprint density at radius 1 is 0.935 bits per heavy atom. The zero-order valence-corrected chi connectivity index (χ0v) is 20.4. The van der Waals surface area contributed by atoms with Gasteiger partial charge in [-0.25, -0.2) is 4.39 Å². The van der Waals surface area contributed by atoms with Gasteiger partial charge in [0.2, 0.25) is 0 Å². The summed E-state index contributed by atoms with van der Waals surface area (Å²) < 4.78 is 13.3. The van der Waals surface area contributed by atoms with Crippen LogP contribution in [0.15, 0.2) is 48.5 Å². The topological polar surface area (TPSA) is 9.72 Å². The third kappa shape index (κ3) is 5.41. The van der Waals surface area contributed by atoms with E-state index in [2.05, 4.69) is 63.9 Å². The number of hydrogen-bond acceptors (Lipinski definition) is 5. The summed E-state index contributed by atoms with van der Waals surface area (Å²) in [5.41, 5.74) is 4.16. The molecule has 1 atom stereocenters. The molecule has 0 saturated carbocycles. The van der Waals surface area contributed by atoms with Gasteiger partial charge in [-0.3, -0.25) is 9.80 Å². The highest BCUT2D eigenvalue weighted by atomic mass is 32.2. The van der Waals surface area contributed by atoms with Crippen LogP contribution in [0.25, 0.3) is 0 Å². The number of rotatable bonds is 8. The normalized spacial score (nSPS) is 22.5. The van der Waals surface area contributed by atoms with Crippen molar-refractivity contribution in [3.8, 4) is 0 Å². The van der Waals surface area contributed by atoms with Crippen LogP contribution in [0, 0.1) is 5.82 Å². The maximum atomic E-state index is 13.2. The first-order valence-electron chi connectivity index (χ1n) is 11.4. The first kappa shape index (κ1) is 23.0. The Bertz CT molecular complexity index is 839. The van der Waals surface area contributed by atoms with Crippen LogP contribution < -0.4 is 4.90 Å². The lowest BCUT2D eigenvalue weighted by molar-refractivity contribution is 0.205. The van der Waals surface area contributed by atoms with Crippen molar-refractivity contribution in [2.75, 3.05) is 62.7 Å². The first-order chi connectivity index (χ1) is 15.1. The molecule has 0 aliphatic carbocycles. The van der Waals surface area contributed by atoms with Gasteiger partial charge in [-0.1, -0.05) is 31.2 Å². The molecule has 2 aromatic carbocycles. The minimum atomic E-state index is -0.162. The van der Waals surface area contributed by atoms with Crippen LogP contribution in [0.4, 0.5) is 10.1 Å². The summed E-state index contributed by atoms with van der Waals surface area (Å²) in [6.07, 6.45) is 3.48. The summed E-state index contributed by atoms with van der Waals surface area (Å²) in [5.74, 6) is 0.979. The fourth-order valence-corrected chi connectivity index (χ4v) is 7.50. The van der Waals surface area contributed by atoms with E-state index in [4.69, 9.17) is 0 Å². The van der Waals surface area contributed by atoms with Crippen molar-refractivity contribution in [2.24, 2.45) is 0 Å². The highest BCUT2D eigenvalue weighted by molar-refractivity contribution is 8.17. The van der Waals surface area contributed by atoms with Crippen molar-refractivity contribution in [1.82, 2.24) is 9.80 Å². The predicted molar refractivity (Wildman–Crippen MR) is 135 cm³/mol. The van der Waals surface area contributed by atoms with Crippen LogP contribution in [-0.4, -0.2) is 67.6 Å². The molecule has 0 aromatic heterocycles. The minimum Gasteiger partial charge on any atom is -0.369 e. The molecular weight excluding hydrogens is 425 g/mol. The summed E-state index contributed by atoms with van der Waals surface area (Å²) in [6, 6.07) is 15.9. The molecule has 0 spiro atoms. The van der Waals surface area contributed by atoms with E-state index < -0.39 is 0 Å². The van der Waals surface area contributed by atoms with Crippen LogP contribution in [0.2, 0.25) is 0 Å². The van der Waals surface area contributed by atoms with Gasteiger partial charge in [-0.2, -0.15) is 0 Å². The molecule has 3 nitrogen and oxygen atoms in total. The van der Waals surface area contributed by atoms with Crippen molar-refractivity contribution in [1.29, 1.82) is 0 Å². The first-order valence-corrected chi connectivity index (χ1v) is 13.6. The lowest BCUT2D eigenvalue weighted by atomic mass is 9.98. The van der Waals surface area contributed by atoms with E-state index in [0.717, 1.165) is 63.8 Å². The van der Waals surface area contributed by atoms with Crippen LogP contribution in [0.3, 0.4) is 0 Å². The van der Waals surface area contributed by atoms with Crippen LogP contribution in [0.1, 0.15) is 24.5 Å². The molecule has 0 radical (unpaired) electrons. The van der Waals surface area contributed by atoms with Crippen LogP contribution in [0.5, 0.6) is 0 Å². The molecule has 0 N–H and O–H groups in total. The Labute approximate surface area is 195 Å². The zero-order chi connectivity index (χ0) is 21.7. The number of nitrogens with zero attached hydrogens (tertiary/aromatic N) is 3. The van der Waals surface area contributed by atoms with E-state index in [0.29, 0.717) is 0 Å². The fourth-order valence-electron chi connectivity index (χ4n) is 4.85. The molecule has 0 amide bonds. The molecular formula is C25H34FN3S2. The number of hydrogen-bond donors (Lipinski definition) is 0. The van der Waals surface area contributed by atoms with Gasteiger partial charge in [0.15, 0.2) is 0 Å². The lowest BCUT2D eigenvalue weighted by Crippen LogP contribution is -2.47. The number of benzene rings is 2. The summed E-state index contributed by atoms with van der Waals surface area (Å²) in [5, 5.41) is 0.